The first-order valence-corrected chi connectivity index (χ1v) is 8.64. The van der Waals surface area contributed by atoms with Crippen molar-refractivity contribution < 1.29 is 4.79 Å². The van der Waals surface area contributed by atoms with E-state index in [2.05, 4.69) is 34.5 Å². The molecule has 1 amide bonds. The number of nitrogens with one attached hydrogen (secondary N) is 1. The third-order valence-electron chi connectivity index (χ3n) is 4.48. The summed E-state index contributed by atoms with van der Waals surface area (Å²) in [5.41, 5.74) is 9.35. The molecular formula is C20H25N3O. The summed E-state index contributed by atoms with van der Waals surface area (Å²) in [6.07, 6.45) is 3.99. The second-order valence-electron chi connectivity index (χ2n) is 6.46. The zero-order valence-corrected chi connectivity index (χ0v) is 14.0. The largest absolute Gasteiger partial charge is 0.399 e. The molecule has 0 saturated carbocycles. The summed E-state index contributed by atoms with van der Waals surface area (Å²) in [6.45, 7) is 3.96. The minimum Gasteiger partial charge on any atom is -0.399 e. The van der Waals surface area contributed by atoms with E-state index in [1.54, 1.807) is 24.3 Å². The lowest BCUT2D eigenvalue weighted by atomic mass is 10.1. The number of benzene rings is 2. The molecule has 126 valence electrons. The number of nitrogens with zero attached hydrogens (tertiary/aromatic N) is 1. The van der Waals surface area contributed by atoms with Crippen LogP contribution in [0.1, 0.15) is 40.7 Å². The van der Waals surface area contributed by atoms with Crippen molar-refractivity contribution in [3.63, 3.8) is 0 Å². The van der Waals surface area contributed by atoms with E-state index in [0.717, 1.165) is 12.1 Å². The van der Waals surface area contributed by atoms with E-state index >= 15 is 0 Å². The highest BCUT2D eigenvalue weighted by molar-refractivity contribution is 5.94. The van der Waals surface area contributed by atoms with Gasteiger partial charge in [-0.15, -0.1) is 0 Å². The fourth-order valence-electron chi connectivity index (χ4n) is 3.10. The molecule has 1 heterocycles. The van der Waals surface area contributed by atoms with Crippen LogP contribution in [0.4, 0.5) is 5.69 Å². The van der Waals surface area contributed by atoms with Crippen LogP contribution in [0.15, 0.2) is 48.5 Å². The van der Waals surface area contributed by atoms with E-state index in [-0.39, 0.29) is 5.91 Å². The molecule has 1 fully saturated rings. The van der Waals surface area contributed by atoms with E-state index in [0.29, 0.717) is 17.8 Å². The maximum atomic E-state index is 12.1. The number of nitrogens with two attached hydrogens (primary N) is 1. The van der Waals surface area contributed by atoms with Crippen LogP contribution in [0, 0.1) is 0 Å². The fourth-order valence-corrected chi connectivity index (χ4v) is 3.10. The highest BCUT2D eigenvalue weighted by atomic mass is 16.1. The van der Waals surface area contributed by atoms with E-state index in [1.807, 2.05) is 0 Å². The number of anilines is 1. The molecule has 0 aliphatic carbocycles. The number of rotatable bonds is 5. The highest BCUT2D eigenvalue weighted by Gasteiger charge is 2.10. The van der Waals surface area contributed by atoms with Crippen molar-refractivity contribution in [2.45, 2.75) is 32.4 Å². The van der Waals surface area contributed by atoms with Gasteiger partial charge in [-0.1, -0.05) is 36.8 Å². The lowest BCUT2D eigenvalue weighted by Gasteiger charge is -2.26. The summed E-state index contributed by atoms with van der Waals surface area (Å²) >= 11 is 0. The van der Waals surface area contributed by atoms with Gasteiger partial charge in [-0.3, -0.25) is 9.69 Å². The summed E-state index contributed by atoms with van der Waals surface area (Å²) < 4.78 is 0. The summed E-state index contributed by atoms with van der Waals surface area (Å²) in [6, 6.07) is 15.5. The second kappa shape index (κ2) is 7.97. The molecule has 2 aromatic rings. The zero-order chi connectivity index (χ0) is 16.8. The predicted molar refractivity (Wildman–Crippen MR) is 97.6 cm³/mol. The number of hydrogen-bond acceptors (Lipinski definition) is 3. The van der Waals surface area contributed by atoms with Gasteiger partial charge in [0.05, 0.1) is 0 Å². The van der Waals surface area contributed by atoms with Gasteiger partial charge in [0.1, 0.15) is 0 Å². The van der Waals surface area contributed by atoms with Crippen molar-refractivity contribution >= 4 is 11.6 Å². The molecule has 2 aromatic carbocycles. The third kappa shape index (κ3) is 4.59. The number of amides is 1. The van der Waals surface area contributed by atoms with E-state index in [1.165, 1.54) is 37.9 Å². The van der Waals surface area contributed by atoms with Gasteiger partial charge < -0.3 is 11.1 Å². The van der Waals surface area contributed by atoms with Crippen molar-refractivity contribution in [1.29, 1.82) is 0 Å². The van der Waals surface area contributed by atoms with Crippen LogP contribution in [0.2, 0.25) is 0 Å². The van der Waals surface area contributed by atoms with Gasteiger partial charge in [-0.2, -0.15) is 0 Å². The Morgan fingerprint density at radius 1 is 1.00 bits per heavy atom. The molecule has 0 atom stereocenters. The Morgan fingerprint density at radius 3 is 2.42 bits per heavy atom. The third-order valence-corrected chi connectivity index (χ3v) is 4.48. The summed E-state index contributed by atoms with van der Waals surface area (Å²) in [7, 11) is 0. The summed E-state index contributed by atoms with van der Waals surface area (Å²) in [5.74, 6) is -0.0975. The van der Waals surface area contributed by atoms with Crippen LogP contribution in [-0.4, -0.2) is 23.9 Å². The molecule has 3 rings (SSSR count). The number of nitrogen functional groups attached to an aromatic ring is 1. The van der Waals surface area contributed by atoms with Crippen LogP contribution in [0.3, 0.4) is 0 Å². The van der Waals surface area contributed by atoms with Crippen LogP contribution in [0.25, 0.3) is 0 Å². The molecule has 0 radical (unpaired) electrons. The molecule has 4 nitrogen and oxygen atoms in total. The molecule has 1 aliphatic rings. The quantitative estimate of drug-likeness (QED) is 0.831. The standard InChI is InChI=1S/C20H25N3O/c21-19-6-4-5-18(13-19)20(24)22-14-16-7-9-17(10-8-16)15-23-11-2-1-3-12-23/h4-10,13H,1-3,11-12,14-15,21H2,(H,22,24). The smallest absolute Gasteiger partial charge is 0.251 e. The number of carbonyl (C=O) groups excluding carboxylic acids is 1. The van der Waals surface area contributed by atoms with E-state index in [9.17, 15) is 4.79 Å². The SMILES string of the molecule is Nc1cccc(C(=O)NCc2ccc(CN3CCCCC3)cc2)c1. The monoisotopic (exact) mass is 323 g/mol. The van der Waals surface area contributed by atoms with Gasteiger partial charge in [0, 0.05) is 24.3 Å². The predicted octanol–water partition coefficient (Wildman–Crippen LogP) is 3.18. The van der Waals surface area contributed by atoms with Crippen LogP contribution in [-0.2, 0) is 13.1 Å². The van der Waals surface area contributed by atoms with Crippen LogP contribution in [0.5, 0.6) is 0 Å². The number of hydrogen-bond donors (Lipinski definition) is 2. The average molecular weight is 323 g/mol. The van der Waals surface area contributed by atoms with Crippen LogP contribution < -0.4 is 11.1 Å². The van der Waals surface area contributed by atoms with Gasteiger partial charge in [0.2, 0.25) is 0 Å². The Labute approximate surface area is 143 Å². The Bertz CT molecular complexity index is 676. The van der Waals surface area contributed by atoms with Crippen molar-refractivity contribution in [2.75, 3.05) is 18.8 Å². The van der Waals surface area contributed by atoms with Gasteiger partial charge in [-0.25, -0.2) is 0 Å². The van der Waals surface area contributed by atoms with Crippen molar-refractivity contribution in [1.82, 2.24) is 10.2 Å². The number of likely N-dealkylation sites (tertiary alicyclic amines) is 1. The van der Waals surface area contributed by atoms with Crippen molar-refractivity contribution in [3.8, 4) is 0 Å². The Hall–Kier alpha value is -2.33. The molecule has 0 unspecified atom stereocenters. The van der Waals surface area contributed by atoms with Gasteiger partial charge in [0.15, 0.2) is 0 Å². The molecule has 24 heavy (non-hydrogen) atoms. The molecule has 0 spiro atoms. The van der Waals surface area contributed by atoms with Gasteiger partial charge in [-0.05, 0) is 55.3 Å². The minimum absolute atomic E-state index is 0.0975. The number of piperidine rings is 1. The fraction of sp³-hybridized carbons (Fsp3) is 0.350. The Morgan fingerprint density at radius 2 is 1.71 bits per heavy atom. The van der Waals surface area contributed by atoms with E-state index in [4.69, 9.17) is 5.73 Å². The maximum Gasteiger partial charge on any atom is 0.251 e. The molecule has 1 saturated heterocycles. The van der Waals surface area contributed by atoms with Crippen molar-refractivity contribution in [3.05, 3.63) is 65.2 Å². The second-order valence-corrected chi connectivity index (χ2v) is 6.46. The van der Waals surface area contributed by atoms with E-state index < -0.39 is 0 Å². The zero-order valence-electron chi connectivity index (χ0n) is 14.0. The summed E-state index contributed by atoms with van der Waals surface area (Å²) in [5, 5.41) is 2.94. The minimum atomic E-state index is -0.0975. The van der Waals surface area contributed by atoms with Gasteiger partial charge >= 0.3 is 0 Å². The lowest BCUT2D eigenvalue weighted by Crippen LogP contribution is -2.29. The normalized spacial score (nSPS) is 15.2. The summed E-state index contributed by atoms with van der Waals surface area (Å²) in [4.78, 5) is 14.6. The maximum absolute atomic E-state index is 12.1. The highest BCUT2D eigenvalue weighted by Crippen LogP contribution is 2.14. The average Bonchev–Trinajstić information content (AvgIpc) is 2.62. The molecule has 3 N–H and O–H groups in total. The van der Waals surface area contributed by atoms with Crippen LogP contribution >= 0.6 is 0 Å². The van der Waals surface area contributed by atoms with Gasteiger partial charge in [0.25, 0.3) is 5.91 Å². The Kier molecular flexibility index (Phi) is 5.49. The Balaban J connectivity index is 1.51. The first-order chi connectivity index (χ1) is 11.7. The molecule has 0 aromatic heterocycles. The molecule has 1 aliphatic heterocycles. The molecule has 4 heteroatoms. The topological polar surface area (TPSA) is 58.4 Å². The first-order valence-electron chi connectivity index (χ1n) is 8.64. The first kappa shape index (κ1) is 16.5. The molecular weight excluding hydrogens is 298 g/mol. The number of carbonyl (C=O) groups is 1. The molecule has 0 bridgehead atoms. The lowest BCUT2D eigenvalue weighted by molar-refractivity contribution is 0.0951. The van der Waals surface area contributed by atoms with Crippen molar-refractivity contribution in [2.24, 2.45) is 0 Å².